The predicted molar refractivity (Wildman–Crippen MR) is 115 cm³/mol. The monoisotopic (exact) mass is 390 g/mol. The zero-order valence-electron chi connectivity index (χ0n) is 17.0. The van der Waals surface area contributed by atoms with Crippen molar-refractivity contribution in [3.8, 4) is 17.2 Å². The van der Waals surface area contributed by atoms with E-state index in [-0.39, 0.29) is 11.9 Å². The highest BCUT2D eigenvalue weighted by atomic mass is 16.5. The van der Waals surface area contributed by atoms with Crippen molar-refractivity contribution in [2.45, 2.75) is 6.04 Å². The number of methoxy groups -OCH3 is 1. The number of para-hydroxylation sites is 1. The second kappa shape index (κ2) is 9.75. The first-order valence-corrected chi connectivity index (χ1v) is 9.48. The molecule has 0 unspecified atom stereocenters. The lowest BCUT2D eigenvalue weighted by molar-refractivity contribution is 0.0941. The van der Waals surface area contributed by atoms with Gasteiger partial charge in [-0.05, 0) is 62.1 Å². The van der Waals surface area contributed by atoms with Crippen molar-refractivity contribution >= 4 is 5.91 Å². The number of hydrogen-bond acceptors (Lipinski definition) is 4. The van der Waals surface area contributed by atoms with Gasteiger partial charge in [-0.15, -0.1) is 0 Å². The molecule has 0 spiro atoms. The van der Waals surface area contributed by atoms with Crippen LogP contribution in [0, 0.1) is 0 Å². The number of benzene rings is 3. The maximum atomic E-state index is 12.7. The number of carbonyl (C=O) groups is 1. The van der Waals surface area contributed by atoms with Gasteiger partial charge in [0, 0.05) is 12.1 Å². The lowest BCUT2D eigenvalue weighted by Crippen LogP contribution is -2.34. The summed E-state index contributed by atoms with van der Waals surface area (Å²) in [6.45, 7) is 0.488. The van der Waals surface area contributed by atoms with E-state index in [4.69, 9.17) is 9.47 Å². The molecule has 0 aromatic heterocycles. The molecule has 0 aliphatic carbocycles. The van der Waals surface area contributed by atoms with Crippen molar-refractivity contribution in [3.63, 3.8) is 0 Å². The average Bonchev–Trinajstić information content (AvgIpc) is 2.75. The van der Waals surface area contributed by atoms with Crippen LogP contribution >= 0.6 is 0 Å². The normalized spacial score (nSPS) is 11.7. The molecule has 0 fully saturated rings. The summed E-state index contributed by atoms with van der Waals surface area (Å²) < 4.78 is 11.0. The molecule has 0 saturated heterocycles. The number of amides is 1. The summed E-state index contributed by atoms with van der Waals surface area (Å²) in [5.41, 5.74) is 1.67. The Morgan fingerprint density at radius 1 is 0.897 bits per heavy atom. The van der Waals surface area contributed by atoms with E-state index >= 15 is 0 Å². The van der Waals surface area contributed by atoms with Gasteiger partial charge >= 0.3 is 0 Å². The SMILES string of the molecule is COc1ccc([C@H](CNC(=O)c2cccc(Oc3ccccc3)c2)N(C)C)cc1. The lowest BCUT2D eigenvalue weighted by atomic mass is 10.1. The largest absolute Gasteiger partial charge is 0.497 e. The molecule has 1 atom stereocenters. The standard InChI is InChI=1S/C24H26N2O3/c1-26(2)23(18-12-14-20(28-3)15-13-18)17-25-24(27)19-8-7-11-22(16-19)29-21-9-5-4-6-10-21/h4-16,23H,17H2,1-3H3,(H,25,27)/t23-/m0/s1. The summed E-state index contributed by atoms with van der Waals surface area (Å²) in [6.07, 6.45) is 0. The van der Waals surface area contributed by atoms with Crippen LogP contribution in [-0.4, -0.2) is 38.6 Å². The Kier molecular flexibility index (Phi) is 6.87. The molecule has 0 aliphatic rings. The van der Waals surface area contributed by atoms with Crippen LogP contribution in [0.15, 0.2) is 78.9 Å². The third kappa shape index (κ3) is 5.59. The average molecular weight is 390 g/mol. The predicted octanol–water partition coefficient (Wildman–Crippen LogP) is 4.52. The van der Waals surface area contributed by atoms with Crippen molar-refractivity contribution in [2.75, 3.05) is 27.7 Å². The van der Waals surface area contributed by atoms with E-state index in [1.54, 1.807) is 19.2 Å². The molecule has 150 valence electrons. The molecule has 5 nitrogen and oxygen atoms in total. The number of likely N-dealkylation sites (N-methyl/N-ethyl adjacent to an activating group) is 1. The van der Waals surface area contributed by atoms with E-state index in [9.17, 15) is 4.79 Å². The molecular formula is C24H26N2O3. The molecule has 0 bridgehead atoms. The highest BCUT2D eigenvalue weighted by Gasteiger charge is 2.16. The van der Waals surface area contributed by atoms with Gasteiger partial charge in [-0.1, -0.05) is 36.4 Å². The molecule has 1 N–H and O–H groups in total. The minimum Gasteiger partial charge on any atom is -0.497 e. The summed E-state index contributed by atoms with van der Waals surface area (Å²) in [4.78, 5) is 14.8. The van der Waals surface area contributed by atoms with E-state index in [1.165, 1.54) is 0 Å². The Morgan fingerprint density at radius 2 is 1.59 bits per heavy atom. The van der Waals surface area contributed by atoms with Crippen LogP contribution in [0.5, 0.6) is 17.2 Å². The Balaban J connectivity index is 1.66. The smallest absolute Gasteiger partial charge is 0.251 e. The van der Waals surface area contributed by atoms with E-state index in [0.29, 0.717) is 17.9 Å². The summed E-state index contributed by atoms with van der Waals surface area (Å²) >= 11 is 0. The van der Waals surface area contributed by atoms with Gasteiger partial charge in [-0.2, -0.15) is 0 Å². The molecule has 1 amide bonds. The zero-order chi connectivity index (χ0) is 20.6. The zero-order valence-corrected chi connectivity index (χ0v) is 17.0. The first kappa shape index (κ1) is 20.4. The van der Waals surface area contributed by atoms with Crippen molar-refractivity contribution in [2.24, 2.45) is 0 Å². The van der Waals surface area contributed by atoms with Gasteiger partial charge in [-0.3, -0.25) is 4.79 Å². The molecule has 3 aromatic rings. The fourth-order valence-corrected chi connectivity index (χ4v) is 3.04. The van der Waals surface area contributed by atoms with Crippen LogP contribution in [0.25, 0.3) is 0 Å². The molecule has 3 rings (SSSR count). The van der Waals surface area contributed by atoms with Crippen LogP contribution in [-0.2, 0) is 0 Å². The Hall–Kier alpha value is -3.31. The quantitative estimate of drug-likeness (QED) is 0.614. The van der Waals surface area contributed by atoms with Gasteiger partial charge in [0.05, 0.1) is 13.2 Å². The highest BCUT2D eigenvalue weighted by molar-refractivity contribution is 5.94. The number of rotatable bonds is 8. The molecule has 0 aliphatic heterocycles. The summed E-state index contributed by atoms with van der Waals surface area (Å²) in [6, 6.07) is 24.6. The maximum Gasteiger partial charge on any atom is 0.251 e. The molecular weight excluding hydrogens is 364 g/mol. The van der Waals surface area contributed by atoms with Crippen LogP contribution in [0.2, 0.25) is 0 Å². The van der Waals surface area contributed by atoms with Gasteiger partial charge in [0.1, 0.15) is 17.2 Å². The second-order valence-electron chi connectivity index (χ2n) is 6.91. The first-order valence-electron chi connectivity index (χ1n) is 9.48. The Labute approximate surface area is 171 Å². The summed E-state index contributed by atoms with van der Waals surface area (Å²) in [7, 11) is 5.64. The second-order valence-corrected chi connectivity index (χ2v) is 6.91. The van der Waals surface area contributed by atoms with Gasteiger partial charge < -0.3 is 19.7 Å². The van der Waals surface area contributed by atoms with Gasteiger partial charge in [0.2, 0.25) is 0 Å². The third-order valence-corrected chi connectivity index (χ3v) is 4.66. The van der Waals surface area contributed by atoms with E-state index in [1.807, 2.05) is 80.8 Å². The minimum atomic E-state index is -0.135. The fourth-order valence-electron chi connectivity index (χ4n) is 3.04. The van der Waals surface area contributed by atoms with E-state index < -0.39 is 0 Å². The number of nitrogens with zero attached hydrogens (tertiary/aromatic N) is 1. The number of hydrogen-bond donors (Lipinski definition) is 1. The van der Waals surface area contributed by atoms with Crippen molar-refractivity contribution in [1.29, 1.82) is 0 Å². The molecule has 3 aromatic carbocycles. The fraction of sp³-hybridized carbons (Fsp3) is 0.208. The maximum absolute atomic E-state index is 12.7. The van der Waals surface area contributed by atoms with Gasteiger partial charge in [0.15, 0.2) is 0 Å². The Morgan fingerprint density at radius 3 is 2.24 bits per heavy atom. The number of ether oxygens (including phenoxy) is 2. The van der Waals surface area contributed by atoms with E-state index in [0.717, 1.165) is 17.1 Å². The Bertz CT molecular complexity index is 924. The van der Waals surface area contributed by atoms with Crippen LogP contribution in [0.3, 0.4) is 0 Å². The van der Waals surface area contributed by atoms with Crippen LogP contribution in [0.1, 0.15) is 22.0 Å². The summed E-state index contributed by atoms with van der Waals surface area (Å²) in [5, 5.41) is 3.03. The number of nitrogens with one attached hydrogen (secondary N) is 1. The van der Waals surface area contributed by atoms with E-state index in [2.05, 4.69) is 10.2 Å². The number of carbonyl (C=O) groups excluding carboxylic acids is 1. The first-order chi connectivity index (χ1) is 14.1. The third-order valence-electron chi connectivity index (χ3n) is 4.66. The van der Waals surface area contributed by atoms with Crippen molar-refractivity contribution < 1.29 is 14.3 Å². The minimum absolute atomic E-state index is 0.0496. The van der Waals surface area contributed by atoms with Gasteiger partial charge in [-0.25, -0.2) is 0 Å². The molecule has 0 radical (unpaired) electrons. The van der Waals surface area contributed by atoms with Crippen LogP contribution < -0.4 is 14.8 Å². The molecule has 0 heterocycles. The van der Waals surface area contributed by atoms with Crippen molar-refractivity contribution in [3.05, 3.63) is 90.0 Å². The topological polar surface area (TPSA) is 50.8 Å². The van der Waals surface area contributed by atoms with Crippen LogP contribution in [0.4, 0.5) is 0 Å². The highest BCUT2D eigenvalue weighted by Crippen LogP contribution is 2.23. The molecule has 5 heteroatoms. The molecule has 0 saturated carbocycles. The lowest BCUT2D eigenvalue weighted by Gasteiger charge is -2.25. The molecule has 29 heavy (non-hydrogen) atoms. The van der Waals surface area contributed by atoms with Crippen molar-refractivity contribution in [1.82, 2.24) is 10.2 Å². The summed E-state index contributed by atoms with van der Waals surface area (Å²) in [5.74, 6) is 2.04. The van der Waals surface area contributed by atoms with Gasteiger partial charge in [0.25, 0.3) is 5.91 Å².